The average molecular weight is 315 g/mol. The first kappa shape index (κ1) is 16.0. The molecule has 3 heterocycles. The van der Waals surface area contributed by atoms with Gasteiger partial charge in [-0.1, -0.05) is 6.07 Å². The van der Waals surface area contributed by atoms with Crippen molar-refractivity contribution >= 4 is 5.82 Å². The van der Waals surface area contributed by atoms with Gasteiger partial charge in [0.2, 0.25) is 0 Å². The number of anilines is 1. The molecule has 23 heavy (non-hydrogen) atoms. The van der Waals surface area contributed by atoms with E-state index in [1.54, 1.807) is 0 Å². The standard InChI is InChI=1S/C17H25N5O/c1-13-9-18-22(10-13)17-6-4-5-16(19-17)20-11-14(2)21(7-8-23)15(3)12-20/h4-6,9-10,14-15,23H,7-8,11-12H2,1-3H3/t14-,15+. The summed E-state index contributed by atoms with van der Waals surface area (Å²) in [5.74, 6) is 1.83. The van der Waals surface area contributed by atoms with E-state index in [1.165, 1.54) is 0 Å². The predicted molar refractivity (Wildman–Crippen MR) is 91.0 cm³/mol. The maximum Gasteiger partial charge on any atom is 0.155 e. The molecule has 3 rings (SSSR count). The molecule has 1 aliphatic rings. The highest BCUT2D eigenvalue weighted by molar-refractivity contribution is 5.43. The third kappa shape index (κ3) is 3.38. The van der Waals surface area contributed by atoms with E-state index < -0.39 is 0 Å². The molecule has 0 unspecified atom stereocenters. The van der Waals surface area contributed by atoms with Crippen molar-refractivity contribution < 1.29 is 5.11 Å². The van der Waals surface area contributed by atoms with Crippen LogP contribution in [-0.2, 0) is 0 Å². The monoisotopic (exact) mass is 315 g/mol. The van der Waals surface area contributed by atoms with Gasteiger partial charge in [0.15, 0.2) is 5.82 Å². The van der Waals surface area contributed by atoms with Crippen LogP contribution < -0.4 is 4.90 Å². The second-order valence-corrected chi connectivity index (χ2v) is 6.38. The Balaban J connectivity index is 1.80. The number of rotatable bonds is 4. The predicted octanol–water partition coefficient (Wildman–Crippen LogP) is 1.47. The minimum Gasteiger partial charge on any atom is -0.395 e. The molecule has 2 aromatic rings. The summed E-state index contributed by atoms with van der Waals surface area (Å²) in [5, 5.41) is 13.6. The van der Waals surface area contributed by atoms with E-state index >= 15 is 0 Å². The molecule has 0 amide bonds. The molecule has 2 atom stereocenters. The summed E-state index contributed by atoms with van der Waals surface area (Å²) in [6.45, 7) is 9.21. The molecule has 1 saturated heterocycles. The highest BCUT2D eigenvalue weighted by atomic mass is 16.3. The van der Waals surface area contributed by atoms with E-state index in [-0.39, 0.29) is 6.61 Å². The molecular weight excluding hydrogens is 290 g/mol. The van der Waals surface area contributed by atoms with Gasteiger partial charge in [0, 0.05) is 37.9 Å². The molecule has 1 fully saturated rings. The molecule has 0 bridgehead atoms. The number of piperazine rings is 1. The van der Waals surface area contributed by atoms with Gasteiger partial charge < -0.3 is 10.0 Å². The lowest BCUT2D eigenvalue weighted by Crippen LogP contribution is -2.57. The second kappa shape index (κ2) is 6.68. The van der Waals surface area contributed by atoms with Gasteiger partial charge in [0.1, 0.15) is 5.82 Å². The zero-order chi connectivity index (χ0) is 16.4. The molecule has 0 aromatic carbocycles. The molecular formula is C17H25N5O. The van der Waals surface area contributed by atoms with Crippen molar-refractivity contribution in [3.63, 3.8) is 0 Å². The average Bonchev–Trinajstić information content (AvgIpc) is 2.97. The largest absolute Gasteiger partial charge is 0.395 e. The summed E-state index contributed by atoms with van der Waals surface area (Å²) in [6.07, 6.45) is 3.82. The molecule has 1 aliphatic heterocycles. The van der Waals surface area contributed by atoms with E-state index in [0.717, 1.165) is 36.8 Å². The van der Waals surface area contributed by atoms with Crippen LogP contribution in [-0.4, -0.2) is 63.1 Å². The topological polar surface area (TPSA) is 57.4 Å². The van der Waals surface area contributed by atoms with Gasteiger partial charge in [-0.2, -0.15) is 5.10 Å². The highest BCUT2D eigenvalue weighted by Gasteiger charge is 2.29. The van der Waals surface area contributed by atoms with Crippen LogP contribution in [0.15, 0.2) is 30.6 Å². The fourth-order valence-corrected chi connectivity index (χ4v) is 3.35. The van der Waals surface area contributed by atoms with Crippen LogP contribution in [0.5, 0.6) is 0 Å². The van der Waals surface area contributed by atoms with Crippen molar-refractivity contribution in [3.05, 3.63) is 36.2 Å². The molecule has 0 radical (unpaired) electrons. The van der Waals surface area contributed by atoms with Crippen molar-refractivity contribution in [1.29, 1.82) is 0 Å². The quantitative estimate of drug-likeness (QED) is 0.926. The highest BCUT2D eigenvalue weighted by Crippen LogP contribution is 2.21. The Morgan fingerprint density at radius 3 is 2.48 bits per heavy atom. The van der Waals surface area contributed by atoms with Gasteiger partial charge in [0.25, 0.3) is 0 Å². The summed E-state index contributed by atoms with van der Waals surface area (Å²) < 4.78 is 1.81. The molecule has 1 N–H and O–H groups in total. The summed E-state index contributed by atoms with van der Waals surface area (Å²) in [4.78, 5) is 9.46. The molecule has 0 aliphatic carbocycles. The lowest BCUT2D eigenvalue weighted by atomic mass is 10.1. The van der Waals surface area contributed by atoms with Gasteiger partial charge in [-0.05, 0) is 38.5 Å². The summed E-state index contributed by atoms with van der Waals surface area (Å²) in [6, 6.07) is 6.85. The van der Waals surface area contributed by atoms with E-state index in [9.17, 15) is 5.11 Å². The second-order valence-electron chi connectivity index (χ2n) is 6.38. The zero-order valence-electron chi connectivity index (χ0n) is 14.1. The number of β-amino-alcohol motifs (C(OH)–C–C–N with tert-alkyl or cyclic N) is 1. The molecule has 0 saturated carbocycles. The van der Waals surface area contributed by atoms with Crippen LogP contribution in [0.4, 0.5) is 5.82 Å². The number of aliphatic hydroxyl groups is 1. The van der Waals surface area contributed by atoms with Crippen LogP contribution in [0.2, 0.25) is 0 Å². The Kier molecular flexibility index (Phi) is 4.63. The maximum atomic E-state index is 9.22. The van der Waals surface area contributed by atoms with Crippen molar-refractivity contribution in [2.75, 3.05) is 31.1 Å². The number of nitrogens with zero attached hydrogens (tertiary/aromatic N) is 5. The first-order valence-corrected chi connectivity index (χ1v) is 8.18. The van der Waals surface area contributed by atoms with E-state index in [0.29, 0.717) is 12.1 Å². The van der Waals surface area contributed by atoms with Crippen LogP contribution >= 0.6 is 0 Å². The van der Waals surface area contributed by atoms with Gasteiger partial charge >= 0.3 is 0 Å². The van der Waals surface area contributed by atoms with Crippen molar-refractivity contribution in [1.82, 2.24) is 19.7 Å². The minimum atomic E-state index is 0.209. The van der Waals surface area contributed by atoms with Crippen LogP contribution in [0.1, 0.15) is 19.4 Å². The SMILES string of the molecule is Cc1cnn(-c2cccc(N3C[C@@H](C)N(CCO)[C@@H](C)C3)n2)c1. The number of hydrogen-bond donors (Lipinski definition) is 1. The number of pyridine rings is 1. The van der Waals surface area contributed by atoms with Gasteiger partial charge in [-0.25, -0.2) is 9.67 Å². The first-order chi connectivity index (χ1) is 11.1. The van der Waals surface area contributed by atoms with E-state index in [4.69, 9.17) is 4.98 Å². The fourth-order valence-electron chi connectivity index (χ4n) is 3.35. The fraction of sp³-hybridized carbons (Fsp3) is 0.529. The summed E-state index contributed by atoms with van der Waals surface area (Å²) in [7, 11) is 0. The lowest BCUT2D eigenvalue weighted by molar-refractivity contribution is 0.102. The van der Waals surface area contributed by atoms with Crippen molar-refractivity contribution in [2.24, 2.45) is 0 Å². The minimum absolute atomic E-state index is 0.209. The van der Waals surface area contributed by atoms with Crippen LogP contribution in [0.25, 0.3) is 5.82 Å². The first-order valence-electron chi connectivity index (χ1n) is 8.18. The zero-order valence-corrected chi connectivity index (χ0v) is 14.1. The Morgan fingerprint density at radius 1 is 1.17 bits per heavy atom. The Hall–Kier alpha value is -1.92. The third-order valence-electron chi connectivity index (χ3n) is 4.45. The number of aryl methyl sites for hydroxylation is 1. The molecule has 0 spiro atoms. The molecule has 2 aromatic heterocycles. The molecule has 124 valence electrons. The number of aliphatic hydroxyl groups excluding tert-OH is 1. The van der Waals surface area contributed by atoms with Gasteiger partial charge in [0.05, 0.1) is 12.8 Å². The molecule has 6 heteroatoms. The van der Waals surface area contributed by atoms with E-state index in [1.807, 2.05) is 36.1 Å². The van der Waals surface area contributed by atoms with Crippen LogP contribution in [0, 0.1) is 6.92 Å². The maximum absolute atomic E-state index is 9.22. The Bertz CT molecular complexity index is 644. The van der Waals surface area contributed by atoms with Crippen LogP contribution in [0.3, 0.4) is 0 Å². The number of aromatic nitrogens is 3. The lowest BCUT2D eigenvalue weighted by Gasteiger charge is -2.44. The van der Waals surface area contributed by atoms with Crippen molar-refractivity contribution in [2.45, 2.75) is 32.9 Å². The van der Waals surface area contributed by atoms with Crippen molar-refractivity contribution in [3.8, 4) is 5.82 Å². The summed E-state index contributed by atoms with van der Waals surface area (Å²) >= 11 is 0. The summed E-state index contributed by atoms with van der Waals surface area (Å²) in [5.41, 5.74) is 1.12. The Morgan fingerprint density at radius 2 is 1.87 bits per heavy atom. The van der Waals surface area contributed by atoms with Gasteiger partial charge in [-0.3, -0.25) is 4.90 Å². The normalized spacial score (nSPS) is 22.5. The smallest absolute Gasteiger partial charge is 0.155 e. The Labute approximate surface area is 137 Å². The number of hydrogen-bond acceptors (Lipinski definition) is 5. The third-order valence-corrected chi connectivity index (χ3v) is 4.45. The van der Waals surface area contributed by atoms with E-state index in [2.05, 4.69) is 34.8 Å². The van der Waals surface area contributed by atoms with Gasteiger partial charge in [-0.15, -0.1) is 0 Å². The molecule has 6 nitrogen and oxygen atoms in total.